The van der Waals surface area contributed by atoms with E-state index < -0.39 is 0 Å². The highest BCUT2D eigenvalue weighted by Crippen LogP contribution is 2.18. The van der Waals surface area contributed by atoms with Gasteiger partial charge in [-0.3, -0.25) is 4.79 Å². The molecule has 0 saturated carbocycles. The maximum Gasteiger partial charge on any atom is 0.256 e. The predicted molar refractivity (Wildman–Crippen MR) is 68.9 cm³/mol. The lowest BCUT2D eigenvalue weighted by atomic mass is 10.1. The number of nitrogens with two attached hydrogens (primary N) is 1. The van der Waals surface area contributed by atoms with Gasteiger partial charge in [-0.2, -0.15) is 0 Å². The maximum absolute atomic E-state index is 12.2. The number of benzene rings is 1. The topological polar surface area (TPSA) is 66.6 Å². The molecule has 1 rings (SSSR count). The van der Waals surface area contributed by atoms with Gasteiger partial charge in [0.05, 0.1) is 12.2 Å². The first-order valence-electron chi connectivity index (χ1n) is 5.87. The zero-order chi connectivity index (χ0) is 12.8. The molecule has 1 aromatic rings. The lowest BCUT2D eigenvalue weighted by Gasteiger charge is -2.22. The summed E-state index contributed by atoms with van der Waals surface area (Å²) in [4.78, 5) is 13.9. The molecule has 0 aromatic heterocycles. The van der Waals surface area contributed by atoms with Gasteiger partial charge < -0.3 is 15.7 Å². The number of nitrogen functional groups attached to an aromatic ring is 1. The molecule has 4 heteroatoms. The minimum atomic E-state index is -0.109. The normalized spacial score (nSPS) is 10.3. The van der Waals surface area contributed by atoms with E-state index in [0.717, 1.165) is 12.0 Å². The number of carbonyl (C=O) groups is 1. The van der Waals surface area contributed by atoms with Crippen LogP contribution in [0.3, 0.4) is 0 Å². The third-order valence-corrected chi connectivity index (χ3v) is 2.71. The molecule has 1 amide bonds. The van der Waals surface area contributed by atoms with Crippen LogP contribution in [-0.2, 0) is 0 Å². The summed E-state index contributed by atoms with van der Waals surface area (Å²) in [6.45, 7) is 4.82. The van der Waals surface area contributed by atoms with Crippen molar-refractivity contribution in [3.63, 3.8) is 0 Å². The standard InChI is InChI=1S/C13H20N2O2/c1-3-7-15(8-9-16)13(17)11-6-4-5-10(2)12(11)14/h4-6,16H,3,7-9,14H2,1-2H3. The number of rotatable bonds is 5. The van der Waals surface area contributed by atoms with Crippen molar-refractivity contribution in [3.8, 4) is 0 Å². The summed E-state index contributed by atoms with van der Waals surface area (Å²) in [5, 5.41) is 8.96. The Labute approximate surface area is 102 Å². The molecule has 0 spiro atoms. The van der Waals surface area contributed by atoms with Gasteiger partial charge in [0, 0.05) is 18.8 Å². The molecule has 0 aliphatic carbocycles. The van der Waals surface area contributed by atoms with Crippen molar-refractivity contribution < 1.29 is 9.90 Å². The molecular weight excluding hydrogens is 216 g/mol. The average Bonchev–Trinajstić information content (AvgIpc) is 2.31. The van der Waals surface area contributed by atoms with Crippen LogP contribution in [0.4, 0.5) is 5.69 Å². The Kier molecular flexibility index (Phi) is 4.97. The van der Waals surface area contributed by atoms with Crippen LogP contribution >= 0.6 is 0 Å². The molecule has 0 saturated heterocycles. The molecule has 3 N–H and O–H groups in total. The largest absolute Gasteiger partial charge is 0.398 e. The molecule has 0 fully saturated rings. The van der Waals surface area contributed by atoms with E-state index in [9.17, 15) is 4.79 Å². The van der Waals surface area contributed by atoms with Gasteiger partial charge in [-0.1, -0.05) is 19.1 Å². The zero-order valence-electron chi connectivity index (χ0n) is 10.4. The van der Waals surface area contributed by atoms with E-state index in [1.54, 1.807) is 11.0 Å². The molecule has 17 heavy (non-hydrogen) atoms. The van der Waals surface area contributed by atoms with Crippen LogP contribution in [-0.4, -0.2) is 35.6 Å². The van der Waals surface area contributed by atoms with Crippen LogP contribution in [0, 0.1) is 6.92 Å². The van der Waals surface area contributed by atoms with E-state index in [1.165, 1.54) is 0 Å². The summed E-state index contributed by atoms with van der Waals surface area (Å²) in [7, 11) is 0. The summed E-state index contributed by atoms with van der Waals surface area (Å²) in [5.41, 5.74) is 7.85. The van der Waals surface area contributed by atoms with Crippen LogP contribution < -0.4 is 5.73 Å². The Hall–Kier alpha value is -1.55. The molecule has 0 unspecified atom stereocenters. The first-order chi connectivity index (χ1) is 8.11. The van der Waals surface area contributed by atoms with Crippen LogP contribution in [0.25, 0.3) is 0 Å². The van der Waals surface area contributed by atoms with Crippen molar-refractivity contribution in [1.29, 1.82) is 0 Å². The summed E-state index contributed by atoms with van der Waals surface area (Å²) in [5.74, 6) is -0.109. The van der Waals surface area contributed by atoms with Gasteiger partial charge in [-0.15, -0.1) is 0 Å². The van der Waals surface area contributed by atoms with E-state index in [2.05, 4.69) is 0 Å². The van der Waals surface area contributed by atoms with Crippen LogP contribution in [0.15, 0.2) is 18.2 Å². The Balaban J connectivity index is 2.96. The minimum absolute atomic E-state index is 0.0303. The number of aliphatic hydroxyl groups excluding tert-OH is 1. The second-order valence-corrected chi connectivity index (χ2v) is 4.05. The number of amides is 1. The van der Waals surface area contributed by atoms with Gasteiger partial charge in [0.2, 0.25) is 0 Å². The molecule has 4 nitrogen and oxygen atoms in total. The van der Waals surface area contributed by atoms with Crippen LogP contribution in [0.5, 0.6) is 0 Å². The highest BCUT2D eigenvalue weighted by atomic mass is 16.3. The summed E-state index contributed by atoms with van der Waals surface area (Å²) in [6.07, 6.45) is 0.859. The van der Waals surface area contributed by atoms with Gasteiger partial charge in [0.15, 0.2) is 0 Å². The summed E-state index contributed by atoms with van der Waals surface area (Å²) < 4.78 is 0. The van der Waals surface area contributed by atoms with E-state index in [-0.39, 0.29) is 12.5 Å². The molecule has 1 aromatic carbocycles. The molecule has 94 valence electrons. The van der Waals surface area contributed by atoms with Gasteiger partial charge >= 0.3 is 0 Å². The van der Waals surface area contributed by atoms with E-state index in [1.807, 2.05) is 26.0 Å². The summed E-state index contributed by atoms with van der Waals surface area (Å²) >= 11 is 0. The average molecular weight is 236 g/mol. The minimum Gasteiger partial charge on any atom is -0.398 e. The van der Waals surface area contributed by atoms with Gasteiger partial charge in [0.25, 0.3) is 5.91 Å². The highest BCUT2D eigenvalue weighted by Gasteiger charge is 2.17. The number of para-hydroxylation sites is 1. The number of nitrogens with zero attached hydrogens (tertiary/aromatic N) is 1. The fraction of sp³-hybridized carbons (Fsp3) is 0.462. The van der Waals surface area contributed by atoms with Gasteiger partial charge in [-0.05, 0) is 25.0 Å². The smallest absolute Gasteiger partial charge is 0.256 e. The number of hydrogen-bond donors (Lipinski definition) is 2. The number of anilines is 1. The lowest BCUT2D eigenvalue weighted by molar-refractivity contribution is 0.0723. The number of carbonyl (C=O) groups excluding carboxylic acids is 1. The van der Waals surface area contributed by atoms with E-state index in [0.29, 0.717) is 24.3 Å². The molecule has 0 radical (unpaired) electrons. The number of aryl methyl sites for hydroxylation is 1. The second kappa shape index (κ2) is 6.25. The number of aliphatic hydroxyl groups is 1. The van der Waals surface area contributed by atoms with Crippen molar-refractivity contribution in [1.82, 2.24) is 4.90 Å². The van der Waals surface area contributed by atoms with Gasteiger partial charge in [0.1, 0.15) is 0 Å². The van der Waals surface area contributed by atoms with Crippen LogP contribution in [0.2, 0.25) is 0 Å². The Morgan fingerprint density at radius 1 is 1.41 bits per heavy atom. The second-order valence-electron chi connectivity index (χ2n) is 4.05. The first-order valence-corrected chi connectivity index (χ1v) is 5.87. The monoisotopic (exact) mass is 236 g/mol. The Morgan fingerprint density at radius 2 is 2.12 bits per heavy atom. The van der Waals surface area contributed by atoms with Crippen molar-refractivity contribution in [2.24, 2.45) is 0 Å². The van der Waals surface area contributed by atoms with Crippen LogP contribution in [0.1, 0.15) is 29.3 Å². The molecular formula is C13H20N2O2. The third-order valence-electron chi connectivity index (χ3n) is 2.71. The predicted octanol–water partition coefficient (Wildman–Crippen LogP) is 1.42. The molecule has 0 aliphatic rings. The fourth-order valence-electron chi connectivity index (χ4n) is 1.74. The van der Waals surface area contributed by atoms with Crippen molar-refractivity contribution in [2.75, 3.05) is 25.4 Å². The van der Waals surface area contributed by atoms with Crippen molar-refractivity contribution in [2.45, 2.75) is 20.3 Å². The first kappa shape index (κ1) is 13.5. The Morgan fingerprint density at radius 3 is 2.71 bits per heavy atom. The lowest BCUT2D eigenvalue weighted by Crippen LogP contribution is -2.34. The number of hydrogen-bond acceptors (Lipinski definition) is 3. The van der Waals surface area contributed by atoms with Crippen molar-refractivity contribution in [3.05, 3.63) is 29.3 Å². The third kappa shape index (κ3) is 3.20. The molecule has 0 heterocycles. The molecule has 0 aliphatic heterocycles. The van der Waals surface area contributed by atoms with Gasteiger partial charge in [-0.25, -0.2) is 0 Å². The Bertz CT molecular complexity index is 385. The summed E-state index contributed by atoms with van der Waals surface area (Å²) in [6, 6.07) is 5.43. The fourth-order valence-corrected chi connectivity index (χ4v) is 1.74. The quantitative estimate of drug-likeness (QED) is 0.760. The van der Waals surface area contributed by atoms with E-state index >= 15 is 0 Å². The SMILES string of the molecule is CCCN(CCO)C(=O)c1cccc(C)c1N. The zero-order valence-corrected chi connectivity index (χ0v) is 10.4. The van der Waals surface area contributed by atoms with Crippen molar-refractivity contribution >= 4 is 11.6 Å². The molecule has 0 atom stereocenters. The van der Waals surface area contributed by atoms with E-state index in [4.69, 9.17) is 10.8 Å². The maximum atomic E-state index is 12.2. The highest BCUT2D eigenvalue weighted by molar-refractivity contribution is 5.99. The molecule has 0 bridgehead atoms.